The first-order valence-corrected chi connectivity index (χ1v) is 12.2. The number of halogens is 1. The van der Waals surface area contributed by atoms with Crippen LogP contribution in [0.5, 0.6) is 11.5 Å². The first-order valence-electron chi connectivity index (χ1n) is 12.2. The van der Waals surface area contributed by atoms with Crippen LogP contribution >= 0.6 is 0 Å². The second-order valence-corrected chi connectivity index (χ2v) is 10.1. The van der Waals surface area contributed by atoms with E-state index in [0.717, 1.165) is 5.39 Å². The van der Waals surface area contributed by atoms with E-state index in [0.29, 0.717) is 39.4 Å². The van der Waals surface area contributed by atoms with E-state index in [-0.39, 0.29) is 18.8 Å². The Balaban J connectivity index is 1.49. The summed E-state index contributed by atoms with van der Waals surface area (Å²) in [4.78, 5) is 30.1. The molecule has 202 valence electrons. The van der Waals surface area contributed by atoms with E-state index in [9.17, 15) is 19.1 Å². The van der Waals surface area contributed by atoms with Gasteiger partial charge in [-0.25, -0.2) is 9.37 Å². The number of nitrogens with two attached hydrogens (primary N) is 1. The Hall–Kier alpha value is -4.51. The Labute approximate surface area is 223 Å². The Morgan fingerprint density at radius 3 is 2.67 bits per heavy atom. The van der Waals surface area contributed by atoms with E-state index in [1.165, 1.54) is 38.3 Å². The fourth-order valence-electron chi connectivity index (χ4n) is 4.62. The third-order valence-corrected chi connectivity index (χ3v) is 7.05. The molecule has 5 rings (SSSR count). The summed E-state index contributed by atoms with van der Waals surface area (Å²) in [7, 11) is 3.27. The van der Waals surface area contributed by atoms with Gasteiger partial charge in [0.05, 0.1) is 19.3 Å². The topological polar surface area (TPSA) is 142 Å². The highest BCUT2D eigenvalue weighted by Crippen LogP contribution is 2.45. The van der Waals surface area contributed by atoms with Crippen LogP contribution in [0.1, 0.15) is 35.5 Å². The van der Waals surface area contributed by atoms with Gasteiger partial charge in [0.15, 0.2) is 0 Å². The number of aromatic nitrogens is 3. The van der Waals surface area contributed by atoms with Gasteiger partial charge in [0, 0.05) is 35.3 Å². The number of hydrogen-bond donors (Lipinski definition) is 3. The highest BCUT2D eigenvalue weighted by Gasteiger charge is 2.45. The normalized spacial score (nSPS) is 17.8. The molecule has 1 aliphatic heterocycles. The minimum atomic E-state index is -1.66. The molecule has 0 fully saturated rings. The van der Waals surface area contributed by atoms with Gasteiger partial charge in [0.1, 0.15) is 46.1 Å². The Morgan fingerprint density at radius 2 is 2.00 bits per heavy atom. The summed E-state index contributed by atoms with van der Waals surface area (Å²) in [6, 6.07) is 10.5. The monoisotopic (exact) mass is 533 g/mol. The zero-order valence-electron chi connectivity index (χ0n) is 21.9. The van der Waals surface area contributed by atoms with Crippen molar-refractivity contribution in [3.05, 3.63) is 71.3 Å². The van der Waals surface area contributed by atoms with Gasteiger partial charge in [-0.15, -0.1) is 0 Å². The van der Waals surface area contributed by atoms with E-state index >= 15 is 0 Å². The molecule has 0 unspecified atom stereocenters. The lowest BCUT2D eigenvalue weighted by molar-refractivity contribution is -0.123. The number of fused-ring (bicyclic) bond motifs is 2. The van der Waals surface area contributed by atoms with Crippen LogP contribution in [-0.4, -0.2) is 51.9 Å². The van der Waals surface area contributed by atoms with E-state index in [1.54, 1.807) is 43.0 Å². The number of pyridine rings is 1. The molecule has 2 aromatic heterocycles. The van der Waals surface area contributed by atoms with Crippen molar-refractivity contribution in [2.45, 2.75) is 24.9 Å². The van der Waals surface area contributed by atoms with E-state index in [2.05, 4.69) is 15.4 Å². The zero-order valence-corrected chi connectivity index (χ0v) is 21.9. The highest BCUT2D eigenvalue weighted by atomic mass is 19.1. The molecule has 10 nitrogen and oxygen atoms in total. The number of hydrogen-bond acceptors (Lipinski definition) is 7. The van der Waals surface area contributed by atoms with Crippen molar-refractivity contribution in [1.82, 2.24) is 20.1 Å². The first-order chi connectivity index (χ1) is 18.4. The number of nitrogens with one attached hydrogen (secondary N) is 1. The van der Waals surface area contributed by atoms with Crippen LogP contribution in [0.4, 0.5) is 4.39 Å². The van der Waals surface area contributed by atoms with Gasteiger partial charge in [-0.1, -0.05) is 0 Å². The number of amides is 2. The zero-order chi connectivity index (χ0) is 28.1. The fraction of sp³-hybridized carbons (Fsp3) is 0.286. The van der Waals surface area contributed by atoms with Gasteiger partial charge >= 0.3 is 0 Å². The third kappa shape index (κ3) is 4.54. The lowest BCUT2D eigenvalue weighted by Gasteiger charge is -2.26. The summed E-state index contributed by atoms with van der Waals surface area (Å²) < 4.78 is 26.5. The van der Waals surface area contributed by atoms with Crippen molar-refractivity contribution >= 4 is 22.7 Å². The van der Waals surface area contributed by atoms with Gasteiger partial charge in [-0.05, 0) is 56.3 Å². The minimum Gasteiger partial charge on any atom is -0.494 e. The van der Waals surface area contributed by atoms with Crippen LogP contribution < -0.4 is 20.5 Å². The predicted molar refractivity (Wildman–Crippen MR) is 141 cm³/mol. The molecule has 4 N–H and O–H groups in total. The number of primary amides is 1. The number of aryl methyl sites for hydroxylation is 1. The molecular weight excluding hydrogens is 505 g/mol. The smallest absolute Gasteiger partial charge is 0.251 e. The summed E-state index contributed by atoms with van der Waals surface area (Å²) in [6.45, 7) is 2.94. The molecule has 0 saturated heterocycles. The maximum absolute atomic E-state index is 13.6. The molecule has 3 heterocycles. The summed E-state index contributed by atoms with van der Waals surface area (Å²) in [5, 5.41) is 19.3. The van der Waals surface area contributed by atoms with Crippen LogP contribution in [0.2, 0.25) is 0 Å². The average molecular weight is 534 g/mol. The molecule has 39 heavy (non-hydrogen) atoms. The Morgan fingerprint density at radius 1 is 1.28 bits per heavy atom. The maximum atomic E-state index is 13.6. The predicted octanol–water partition coefficient (Wildman–Crippen LogP) is 2.56. The number of ether oxygens (including phenoxy) is 2. The van der Waals surface area contributed by atoms with Crippen LogP contribution in [0.15, 0.2) is 48.7 Å². The average Bonchev–Trinajstić information content (AvgIpc) is 3.46. The van der Waals surface area contributed by atoms with Gasteiger partial charge < -0.3 is 25.6 Å². The number of aliphatic hydroxyl groups is 1. The molecular formula is C28H28FN5O5. The molecule has 2 atom stereocenters. The van der Waals surface area contributed by atoms with Crippen LogP contribution in [-0.2, 0) is 22.9 Å². The van der Waals surface area contributed by atoms with Crippen LogP contribution in [0, 0.1) is 5.82 Å². The molecule has 0 bridgehead atoms. The second-order valence-electron chi connectivity index (χ2n) is 10.1. The van der Waals surface area contributed by atoms with E-state index in [1.807, 2.05) is 0 Å². The number of nitrogens with zero attached hydrogens (tertiary/aromatic N) is 3. The largest absolute Gasteiger partial charge is 0.494 e. The van der Waals surface area contributed by atoms with E-state index in [4.69, 9.17) is 15.2 Å². The molecule has 0 aliphatic carbocycles. The summed E-state index contributed by atoms with van der Waals surface area (Å²) in [5.74, 6) is -0.686. The molecule has 0 radical (unpaired) electrons. The second kappa shape index (κ2) is 9.35. The first kappa shape index (κ1) is 26.1. The van der Waals surface area contributed by atoms with Crippen molar-refractivity contribution in [1.29, 1.82) is 0 Å². The maximum Gasteiger partial charge on any atom is 0.251 e. The lowest BCUT2D eigenvalue weighted by atomic mass is 9.82. The van der Waals surface area contributed by atoms with Crippen molar-refractivity contribution in [2.75, 3.05) is 20.3 Å². The van der Waals surface area contributed by atoms with Crippen molar-refractivity contribution < 1.29 is 28.6 Å². The van der Waals surface area contributed by atoms with Crippen LogP contribution in [0.25, 0.3) is 22.2 Å². The van der Waals surface area contributed by atoms with Crippen molar-refractivity contribution in [2.24, 2.45) is 12.8 Å². The summed E-state index contributed by atoms with van der Waals surface area (Å²) >= 11 is 0. The molecule has 0 saturated carbocycles. The molecule has 0 spiro atoms. The van der Waals surface area contributed by atoms with Crippen LogP contribution in [0.3, 0.4) is 0 Å². The number of benzene rings is 2. The SMILES string of the molecule is COc1cc(C(=O)NC[C@](C)(O)c2cc3c(c(-c4ccc(F)cc4)n2)OC[C@]3(C)C(N)=O)cc2cn(C)nc12. The van der Waals surface area contributed by atoms with Gasteiger partial charge in [-0.3, -0.25) is 14.3 Å². The fourth-order valence-corrected chi connectivity index (χ4v) is 4.62. The number of carbonyl (C=O) groups is 2. The number of methoxy groups -OCH3 is 1. The quantitative estimate of drug-likeness (QED) is 0.331. The Kier molecular flexibility index (Phi) is 6.26. The molecule has 1 aliphatic rings. The summed E-state index contributed by atoms with van der Waals surface area (Å²) in [5.41, 5.74) is 5.32. The van der Waals surface area contributed by atoms with Gasteiger partial charge in [-0.2, -0.15) is 5.10 Å². The van der Waals surface area contributed by atoms with Gasteiger partial charge in [0.2, 0.25) is 5.91 Å². The van der Waals surface area contributed by atoms with E-state index < -0.39 is 28.6 Å². The third-order valence-electron chi connectivity index (χ3n) is 7.05. The molecule has 2 aromatic carbocycles. The summed E-state index contributed by atoms with van der Waals surface area (Å²) in [6.07, 6.45) is 1.77. The van der Waals surface area contributed by atoms with Crippen molar-refractivity contribution in [3.63, 3.8) is 0 Å². The molecule has 4 aromatic rings. The molecule has 11 heteroatoms. The highest BCUT2D eigenvalue weighted by molar-refractivity contribution is 6.00. The lowest BCUT2D eigenvalue weighted by Crippen LogP contribution is -2.41. The van der Waals surface area contributed by atoms with Crippen molar-refractivity contribution in [3.8, 4) is 22.8 Å². The Bertz CT molecular complexity index is 1620. The standard InChI is InChI=1S/C28H28FN5O5/c1-27(26(30)36)14-39-24-19(27)11-21(32-23(24)15-5-7-18(29)8-6-15)28(2,37)13-31-25(35)16-9-17-12-34(3)33-22(17)20(10-16)38-4/h5-12,37H,13-14H2,1-4H3,(H2,30,36)(H,31,35)/t27-,28-/m0/s1. The number of rotatable bonds is 7. The molecule has 2 amide bonds. The van der Waals surface area contributed by atoms with Gasteiger partial charge in [0.25, 0.3) is 5.91 Å². The number of carbonyl (C=O) groups excluding carboxylic acids is 2. The minimum absolute atomic E-state index is 0.00543.